The van der Waals surface area contributed by atoms with Crippen molar-refractivity contribution in [3.63, 3.8) is 0 Å². The molecule has 0 aromatic heterocycles. The van der Waals surface area contributed by atoms with E-state index in [0.717, 1.165) is 13.0 Å². The van der Waals surface area contributed by atoms with Crippen LogP contribution < -0.4 is 10.6 Å². The summed E-state index contributed by atoms with van der Waals surface area (Å²) in [5.74, 6) is -1.18. The van der Waals surface area contributed by atoms with Crippen LogP contribution in [0.25, 0.3) is 0 Å². The molecule has 0 aliphatic rings. The SMILES string of the molecule is CC[C@H](NC(=O)CCCNC)C(=O)O. The molecule has 0 aliphatic carbocycles. The molecule has 0 rings (SSSR count). The van der Waals surface area contributed by atoms with E-state index in [0.29, 0.717) is 12.8 Å². The van der Waals surface area contributed by atoms with Crippen LogP contribution in [-0.2, 0) is 9.59 Å². The summed E-state index contributed by atoms with van der Waals surface area (Å²) in [6.07, 6.45) is 1.50. The molecular formula is C9H18N2O3. The van der Waals surface area contributed by atoms with E-state index in [1.54, 1.807) is 6.92 Å². The van der Waals surface area contributed by atoms with Crippen LogP contribution in [0.15, 0.2) is 0 Å². The van der Waals surface area contributed by atoms with Gasteiger partial charge in [-0.2, -0.15) is 0 Å². The lowest BCUT2D eigenvalue weighted by atomic mass is 10.2. The van der Waals surface area contributed by atoms with Gasteiger partial charge in [0, 0.05) is 6.42 Å². The molecule has 0 aromatic carbocycles. The molecular weight excluding hydrogens is 184 g/mol. The van der Waals surface area contributed by atoms with E-state index in [-0.39, 0.29) is 5.91 Å². The largest absolute Gasteiger partial charge is 0.480 e. The second kappa shape index (κ2) is 7.32. The topological polar surface area (TPSA) is 78.4 Å². The molecule has 0 heterocycles. The Bertz CT molecular complexity index is 194. The standard InChI is InChI=1S/C9H18N2O3/c1-3-7(9(13)14)11-8(12)5-4-6-10-2/h7,10H,3-6H2,1-2H3,(H,11,12)(H,13,14)/t7-/m0/s1. The van der Waals surface area contributed by atoms with E-state index in [2.05, 4.69) is 10.6 Å². The minimum atomic E-state index is -0.977. The number of hydrogen-bond donors (Lipinski definition) is 3. The number of amides is 1. The molecule has 0 unspecified atom stereocenters. The molecule has 0 radical (unpaired) electrons. The lowest BCUT2D eigenvalue weighted by Gasteiger charge is -2.11. The molecule has 1 atom stereocenters. The van der Waals surface area contributed by atoms with Gasteiger partial charge in [-0.15, -0.1) is 0 Å². The summed E-state index contributed by atoms with van der Waals surface area (Å²) in [6, 6.07) is -0.753. The summed E-state index contributed by atoms with van der Waals surface area (Å²) in [7, 11) is 1.81. The third kappa shape index (κ3) is 5.53. The maximum Gasteiger partial charge on any atom is 0.326 e. The van der Waals surface area contributed by atoms with Gasteiger partial charge in [0.05, 0.1) is 0 Å². The fourth-order valence-electron chi connectivity index (χ4n) is 1.03. The van der Waals surface area contributed by atoms with Crippen molar-refractivity contribution in [2.24, 2.45) is 0 Å². The van der Waals surface area contributed by atoms with Gasteiger partial charge < -0.3 is 15.7 Å². The summed E-state index contributed by atoms with van der Waals surface area (Å²) >= 11 is 0. The Balaban J connectivity index is 3.74. The highest BCUT2D eigenvalue weighted by Gasteiger charge is 2.16. The smallest absolute Gasteiger partial charge is 0.326 e. The molecule has 5 heteroatoms. The van der Waals surface area contributed by atoms with Gasteiger partial charge >= 0.3 is 5.97 Å². The lowest BCUT2D eigenvalue weighted by Crippen LogP contribution is -2.40. The number of carbonyl (C=O) groups is 2. The molecule has 82 valence electrons. The monoisotopic (exact) mass is 202 g/mol. The molecule has 0 saturated carbocycles. The number of carbonyl (C=O) groups excluding carboxylic acids is 1. The van der Waals surface area contributed by atoms with Gasteiger partial charge in [-0.1, -0.05) is 6.92 Å². The van der Waals surface area contributed by atoms with Crippen LogP contribution in [0.4, 0.5) is 0 Å². The summed E-state index contributed by atoms with van der Waals surface area (Å²) in [4.78, 5) is 21.8. The summed E-state index contributed by atoms with van der Waals surface area (Å²) in [5, 5.41) is 14.0. The van der Waals surface area contributed by atoms with E-state index in [9.17, 15) is 9.59 Å². The number of hydrogen-bond acceptors (Lipinski definition) is 3. The van der Waals surface area contributed by atoms with E-state index in [1.165, 1.54) is 0 Å². The van der Waals surface area contributed by atoms with E-state index in [4.69, 9.17) is 5.11 Å². The van der Waals surface area contributed by atoms with Crippen molar-refractivity contribution in [2.45, 2.75) is 32.2 Å². The number of carboxylic acid groups (broad SMARTS) is 1. The predicted molar refractivity (Wildman–Crippen MR) is 53.0 cm³/mol. The minimum Gasteiger partial charge on any atom is -0.480 e. The second-order valence-corrected chi connectivity index (χ2v) is 3.07. The van der Waals surface area contributed by atoms with Gasteiger partial charge in [0.1, 0.15) is 6.04 Å². The maximum absolute atomic E-state index is 11.2. The van der Waals surface area contributed by atoms with E-state index < -0.39 is 12.0 Å². The van der Waals surface area contributed by atoms with Crippen molar-refractivity contribution in [1.29, 1.82) is 0 Å². The van der Waals surface area contributed by atoms with Gasteiger partial charge in [-0.25, -0.2) is 4.79 Å². The van der Waals surface area contributed by atoms with Crippen molar-refractivity contribution in [3.8, 4) is 0 Å². The summed E-state index contributed by atoms with van der Waals surface area (Å²) in [6.45, 7) is 2.49. The zero-order valence-corrected chi connectivity index (χ0v) is 8.67. The minimum absolute atomic E-state index is 0.200. The highest BCUT2D eigenvalue weighted by molar-refractivity contribution is 5.83. The number of aliphatic carboxylic acids is 1. The fourth-order valence-corrected chi connectivity index (χ4v) is 1.03. The van der Waals surface area contributed by atoms with Crippen LogP contribution in [-0.4, -0.2) is 36.6 Å². The first-order valence-corrected chi connectivity index (χ1v) is 4.78. The van der Waals surface area contributed by atoms with Crippen molar-refractivity contribution in [2.75, 3.05) is 13.6 Å². The number of rotatable bonds is 7. The summed E-state index contributed by atoms with van der Waals surface area (Å²) < 4.78 is 0. The van der Waals surface area contributed by atoms with Crippen molar-refractivity contribution < 1.29 is 14.7 Å². The quantitative estimate of drug-likeness (QED) is 0.506. The summed E-state index contributed by atoms with van der Waals surface area (Å²) in [5.41, 5.74) is 0. The Hall–Kier alpha value is -1.10. The zero-order chi connectivity index (χ0) is 11.0. The Labute approximate surface area is 83.9 Å². The molecule has 0 bridgehead atoms. The zero-order valence-electron chi connectivity index (χ0n) is 8.67. The predicted octanol–water partition coefficient (Wildman–Crippen LogP) is -0.0346. The molecule has 1 amide bonds. The molecule has 0 aromatic rings. The normalized spacial score (nSPS) is 12.1. The molecule has 14 heavy (non-hydrogen) atoms. The second-order valence-electron chi connectivity index (χ2n) is 3.07. The van der Waals surface area contributed by atoms with E-state index >= 15 is 0 Å². The average molecular weight is 202 g/mol. The van der Waals surface area contributed by atoms with Crippen molar-refractivity contribution in [1.82, 2.24) is 10.6 Å². The van der Waals surface area contributed by atoms with Gasteiger partial charge in [-0.05, 0) is 26.4 Å². The van der Waals surface area contributed by atoms with Gasteiger partial charge in [0.25, 0.3) is 0 Å². The van der Waals surface area contributed by atoms with Crippen LogP contribution in [0.5, 0.6) is 0 Å². The van der Waals surface area contributed by atoms with Crippen molar-refractivity contribution in [3.05, 3.63) is 0 Å². The molecule has 5 nitrogen and oxygen atoms in total. The molecule has 0 fully saturated rings. The van der Waals surface area contributed by atoms with Gasteiger partial charge in [0.2, 0.25) is 5.91 Å². The number of carboxylic acids is 1. The van der Waals surface area contributed by atoms with Crippen LogP contribution in [0.1, 0.15) is 26.2 Å². The molecule has 0 spiro atoms. The first-order chi connectivity index (χ1) is 6.61. The average Bonchev–Trinajstić information content (AvgIpc) is 2.14. The first-order valence-electron chi connectivity index (χ1n) is 4.78. The van der Waals surface area contributed by atoms with Crippen LogP contribution in [0, 0.1) is 0 Å². The molecule has 0 saturated heterocycles. The van der Waals surface area contributed by atoms with Crippen LogP contribution in [0.3, 0.4) is 0 Å². The maximum atomic E-state index is 11.2. The third-order valence-electron chi connectivity index (χ3n) is 1.87. The molecule has 3 N–H and O–H groups in total. The Morgan fingerprint density at radius 1 is 1.43 bits per heavy atom. The Morgan fingerprint density at radius 2 is 2.07 bits per heavy atom. The van der Waals surface area contributed by atoms with Crippen LogP contribution in [0.2, 0.25) is 0 Å². The van der Waals surface area contributed by atoms with E-state index in [1.807, 2.05) is 7.05 Å². The highest BCUT2D eigenvalue weighted by Crippen LogP contribution is 1.94. The van der Waals surface area contributed by atoms with Gasteiger partial charge in [-0.3, -0.25) is 4.79 Å². The number of nitrogens with one attached hydrogen (secondary N) is 2. The fraction of sp³-hybridized carbons (Fsp3) is 0.778. The Kier molecular flexibility index (Phi) is 6.74. The highest BCUT2D eigenvalue weighted by atomic mass is 16.4. The molecule has 0 aliphatic heterocycles. The first kappa shape index (κ1) is 12.9. The Morgan fingerprint density at radius 3 is 2.50 bits per heavy atom. The van der Waals surface area contributed by atoms with Crippen LogP contribution >= 0.6 is 0 Å². The van der Waals surface area contributed by atoms with Crippen molar-refractivity contribution >= 4 is 11.9 Å². The van der Waals surface area contributed by atoms with Gasteiger partial charge in [0.15, 0.2) is 0 Å². The third-order valence-corrected chi connectivity index (χ3v) is 1.87. The lowest BCUT2D eigenvalue weighted by molar-refractivity contribution is -0.141.